The van der Waals surface area contributed by atoms with Crippen molar-refractivity contribution >= 4 is 59.1 Å². The summed E-state index contributed by atoms with van der Waals surface area (Å²) in [7, 11) is -3.04. The monoisotopic (exact) mass is 459 g/mol. The molecule has 3 rings (SSSR count). The SMILES string of the molecule is CC1=C(C(=O)O)N2C(=O)[C@@H](NC(=O)/C(=N/OP(C)(C)=O)c3csc(N)n3)[C@H]2SC1. The van der Waals surface area contributed by atoms with Gasteiger partial charge >= 0.3 is 5.97 Å². The molecule has 2 atom stereocenters. The van der Waals surface area contributed by atoms with Crippen LogP contribution in [-0.2, 0) is 23.6 Å². The topological polar surface area (TPSA) is 164 Å². The molecule has 2 amide bonds. The molecule has 1 aromatic rings. The fourth-order valence-corrected chi connectivity index (χ4v) is 4.84. The van der Waals surface area contributed by atoms with Crippen molar-refractivity contribution in [1.82, 2.24) is 15.2 Å². The number of carboxylic acids is 1. The van der Waals surface area contributed by atoms with Crippen molar-refractivity contribution < 1.29 is 28.7 Å². The van der Waals surface area contributed by atoms with Gasteiger partial charge in [-0.2, -0.15) is 0 Å². The van der Waals surface area contributed by atoms with Gasteiger partial charge in [0.1, 0.15) is 22.8 Å². The fourth-order valence-electron chi connectivity index (χ4n) is 2.72. The van der Waals surface area contributed by atoms with E-state index in [9.17, 15) is 24.1 Å². The number of nitrogens with one attached hydrogen (secondary N) is 1. The third kappa shape index (κ3) is 4.31. The van der Waals surface area contributed by atoms with Crippen molar-refractivity contribution in [2.45, 2.75) is 18.3 Å². The summed E-state index contributed by atoms with van der Waals surface area (Å²) in [5.41, 5.74) is 5.95. The zero-order chi connectivity index (χ0) is 21.5. The van der Waals surface area contributed by atoms with Crippen molar-refractivity contribution in [1.29, 1.82) is 0 Å². The molecule has 1 saturated heterocycles. The molecule has 2 aliphatic rings. The molecule has 29 heavy (non-hydrogen) atoms. The maximum Gasteiger partial charge on any atom is 0.352 e. The van der Waals surface area contributed by atoms with Crippen LogP contribution in [0.3, 0.4) is 0 Å². The highest BCUT2D eigenvalue weighted by molar-refractivity contribution is 8.00. The number of aliphatic carboxylic acids is 1. The Morgan fingerprint density at radius 2 is 2.17 bits per heavy atom. The predicted molar refractivity (Wildman–Crippen MR) is 109 cm³/mol. The number of nitrogens with zero attached hydrogens (tertiary/aromatic N) is 3. The molecule has 1 fully saturated rings. The first-order valence-electron chi connectivity index (χ1n) is 8.21. The van der Waals surface area contributed by atoms with E-state index in [1.165, 1.54) is 30.5 Å². The number of amides is 2. The molecule has 0 bridgehead atoms. The minimum absolute atomic E-state index is 0.0633. The summed E-state index contributed by atoms with van der Waals surface area (Å²) in [5.74, 6) is -2.09. The van der Waals surface area contributed by atoms with Crippen LogP contribution in [0.2, 0.25) is 0 Å². The van der Waals surface area contributed by atoms with Crippen LogP contribution in [0.1, 0.15) is 12.6 Å². The second-order valence-electron chi connectivity index (χ2n) is 6.64. The summed E-state index contributed by atoms with van der Waals surface area (Å²) in [6, 6.07) is -0.939. The molecule has 0 radical (unpaired) electrons. The number of nitrogen functional groups attached to an aromatic ring is 1. The fraction of sp³-hybridized carbons (Fsp3) is 0.400. The number of thiazole rings is 1. The number of carboxylic acid groups (broad SMARTS) is 1. The summed E-state index contributed by atoms with van der Waals surface area (Å²) >= 11 is 2.42. The lowest BCUT2D eigenvalue weighted by Gasteiger charge is -2.49. The highest BCUT2D eigenvalue weighted by Crippen LogP contribution is 2.40. The van der Waals surface area contributed by atoms with Crippen molar-refractivity contribution in [3.63, 3.8) is 0 Å². The first-order valence-corrected chi connectivity index (χ1v) is 12.7. The number of hydrogen-bond acceptors (Lipinski definition) is 10. The third-order valence-corrected chi connectivity index (χ3v) is 6.53. The Hall–Kier alpha value is -2.37. The molecule has 14 heteroatoms. The van der Waals surface area contributed by atoms with E-state index >= 15 is 0 Å². The van der Waals surface area contributed by atoms with Gasteiger partial charge in [-0.1, -0.05) is 5.16 Å². The quantitative estimate of drug-likeness (QED) is 0.241. The minimum Gasteiger partial charge on any atom is -0.477 e. The Kier molecular flexibility index (Phi) is 5.74. The van der Waals surface area contributed by atoms with Crippen LogP contribution in [0.25, 0.3) is 0 Å². The van der Waals surface area contributed by atoms with E-state index in [1.807, 2.05) is 0 Å². The van der Waals surface area contributed by atoms with Gasteiger partial charge in [-0.3, -0.25) is 19.1 Å². The van der Waals surface area contributed by atoms with Gasteiger partial charge in [0.2, 0.25) is 0 Å². The number of nitrogens with two attached hydrogens (primary N) is 1. The Labute approximate surface area is 173 Å². The Balaban J connectivity index is 1.82. The predicted octanol–water partition coefficient (Wildman–Crippen LogP) is 0.742. The van der Waals surface area contributed by atoms with Gasteiger partial charge in [-0.15, -0.1) is 23.1 Å². The summed E-state index contributed by atoms with van der Waals surface area (Å²) < 4.78 is 16.7. The largest absolute Gasteiger partial charge is 0.477 e. The lowest BCUT2D eigenvalue weighted by atomic mass is 10.0. The van der Waals surface area contributed by atoms with Crippen molar-refractivity contribution in [2.75, 3.05) is 24.8 Å². The second kappa shape index (κ2) is 7.81. The van der Waals surface area contributed by atoms with Gasteiger partial charge in [0.05, 0.1) is 0 Å². The van der Waals surface area contributed by atoms with Gasteiger partial charge in [-0.25, -0.2) is 9.78 Å². The molecule has 0 aromatic carbocycles. The number of β-lactam (4-membered cyclic amide) rings is 1. The molecule has 1 aromatic heterocycles. The number of hydrogen-bond donors (Lipinski definition) is 3. The van der Waals surface area contributed by atoms with Crippen molar-refractivity contribution in [3.05, 3.63) is 22.3 Å². The Morgan fingerprint density at radius 1 is 1.48 bits per heavy atom. The highest BCUT2D eigenvalue weighted by Gasteiger charge is 2.54. The van der Waals surface area contributed by atoms with Crippen molar-refractivity contribution in [2.24, 2.45) is 5.16 Å². The van der Waals surface area contributed by atoms with Crippen LogP contribution < -0.4 is 11.1 Å². The first-order chi connectivity index (χ1) is 13.5. The summed E-state index contributed by atoms with van der Waals surface area (Å²) in [4.78, 5) is 41.9. The number of anilines is 1. The molecule has 3 heterocycles. The number of oxime groups is 1. The van der Waals surface area contributed by atoms with Crippen LogP contribution in [-0.4, -0.2) is 69.0 Å². The molecule has 156 valence electrons. The summed E-state index contributed by atoms with van der Waals surface area (Å²) in [5, 5.41) is 16.7. The average Bonchev–Trinajstić information content (AvgIpc) is 3.04. The molecular weight excluding hydrogens is 441 g/mol. The summed E-state index contributed by atoms with van der Waals surface area (Å²) in [6.45, 7) is 4.31. The van der Waals surface area contributed by atoms with Gasteiger partial charge in [0.15, 0.2) is 10.8 Å². The maximum absolute atomic E-state index is 12.8. The van der Waals surface area contributed by atoms with Crippen LogP contribution in [0.4, 0.5) is 5.13 Å². The first kappa shape index (κ1) is 21.3. The smallest absolute Gasteiger partial charge is 0.352 e. The van der Waals surface area contributed by atoms with Gasteiger partial charge in [-0.05, 0) is 12.5 Å². The van der Waals surface area contributed by atoms with Gasteiger partial charge in [0.25, 0.3) is 19.2 Å². The van der Waals surface area contributed by atoms with E-state index < -0.39 is 36.6 Å². The lowest BCUT2D eigenvalue weighted by Crippen LogP contribution is -2.71. The molecule has 11 nitrogen and oxygen atoms in total. The number of aromatic nitrogens is 1. The average molecular weight is 459 g/mol. The molecule has 2 aliphatic heterocycles. The standard InChI is InChI=1S/C15H18N5O6PS2/c1-6-4-28-13-9(12(22)20(13)10(6)14(23)24)18-11(21)8(19-26-27(2,3)25)7-5-29-15(16)17-7/h5,9,13H,4H2,1-3H3,(H2,16,17)(H,18,21)(H,23,24)/b19-8+/t9-,13-/m1/s1. The Bertz CT molecular complexity index is 999. The maximum atomic E-state index is 12.8. The molecule has 0 saturated carbocycles. The number of carbonyl (C=O) groups is 3. The summed E-state index contributed by atoms with van der Waals surface area (Å²) in [6.07, 6.45) is 0. The number of rotatable bonds is 6. The van der Waals surface area contributed by atoms with Crippen LogP contribution in [0.5, 0.6) is 0 Å². The number of carbonyl (C=O) groups excluding carboxylic acids is 2. The number of fused-ring (bicyclic) bond motifs is 1. The van der Waals surface area contributed by atoms with E-state index in [4.69, 9.17) is 10.4 Å². The Morgan fingerprint density at radius 3 is 2.72 bits per heavy atom. The lowest BCUT2D eigenvalue weighted by molar-refractivity contribution is -0.150. The molecule has 4 N–H and O–H groups in total. The molecular formula is C15H18N5O6PS2. The second-order valence-corrected chi connectivity index (χ2v) is 11.3. The molecule has 0 unspecified atom stereocenters. The molecule has 0 aliphatic carbocycles. The normalized spacial score (nSPS) is 22.1. The van der Waals surface area contributed by atoms with E-state index in [0.717, 1.165) is 16.2 Å². The van der Waals surface area contributed by atoms with Gasteiger partial charge < -0.3 is 20.8 Å². The van der Waals surface area contributed by atoms with Crippen LogP contribution in [0, 0.1) is 0 Å². The van der Waals surface area contributed by atoms with E-state index in [-0.39, 0.29) is 22.2 Å². The van der Waals surface area contributed by atoms with Crippen molar-refractivity contribution in [3.8, 4) is 0 Å². The zero-order valence-electron chi connectivity index (χ0n) is 15.6. The third-order valence-electron chi connectivity index (χ3n) is 3.96. The van der Waals surface area contributed by atoms with Gasteiger partial charge in [0, 0.05) is 24.5 Å². The van der Waals surface area contributed by atoms with E-state index in [1.54, 1.807) is 6.92 Å². The van der Waals surface area contributed by atoms with Crippen LogP contribution in [0.15, 0.2) is 21.8 Å². The van der Waals surface area contributed by atoms with E-state index in [2.05, 4.69) is 15.5 Å². The minimum atomic E-state index is -3.04. The van der Waals surface area contributed by atoms with E-state index in [0.29, 0.717) is 11.3 Å². The highest BCUT2D eigenvalue weighted by atomic mass is 32.2. The molecule has 0 spiro atoms. The zero-order valence-corrected chi connectivity index (χ0v) is 18.1. The van der Waals surface area contributed by atoms with Crippen LogP contribution >= 0.6 is 30.5 Å². The number of thioether (sulfide) groups is 1.